The third-order valence-corrected chi connectivity index (χ3v) is 3.18. The van der Waals surface area contributed by atoms with Gasteiger partial charge in [-0.25, -0.2) is 0 Å². The van der Waals surface area contributed by atoms with Gasteiger partial charge in [-0.3, -0.25) is 4.79 Å². The fourth-order valence-electron chi connectivity index (χ4n) is 2.35. The number of anilines is 1. The van der Waals surface area contributed by atoms with E-state index in [1.807, 2.05) is 24.3 Å². The smallest absolute Gasteiger partial charge is 0.305 e. The SMILES string of the molecule is NC(CC(=O)O)c1ccccc1N1CCCC1. The first kappa shape index (κ1) is 11.9. The summed E-state index contributed by atoms with van der Waals surface area (Å²) in [5.74, 6) is -0.853. The first-order chi connectivity index (χ1) is 8.18. The van der Waals surface area contributed by atoms with Crippen molar-refractivity contribution in [2.45, 2.75) is 25.3 Å². The third-order valence-electron chi connectivity index (χ3n) is 3.18. The van der Waals surface area contributed by atoms with Gasteiger partial charge in [0.2, 0.25) is 0 Å². The Hall–Kier alpha value is -1.55. The van der Waals surface area contributed by atoms with E-state index in [4.69, 9.17) is 10.8 Å². The number of carbonyl (C=O) groups is 1. The van der Waals surface area contributed by atoms with Crippen LogP contribution in [0.25, 0.3) is 0 Å². The van der Waals surface area contributed by atoms with Gasteiger partial charge in [0.25, 0.3) is 0 Å². The molecule has 0 amide bonds. The summed E-state index contributed by atoms with van der Waals surface area (Å²) in [5.41, 5.74) is 7.99. The van der Waals surface area contributed by atoms with Crippen molar-refractivity contribution in [2.75, 3.05) is 18.0 Å². The molecule has 1 fully saturated rings. The predicted octanol–water partition coefficient (Wildman–Crippen LogP) is 1.76. The molecule has 1 saturated heterocycles. The Bertz CT molecular complexity index is 400. The lowest BCUT2D eigenvalue weighted by Crippen LogP contribution is -2.23. The summed E-state index contributed by atoms with van der Waals surface area (Å²) in [6, 6.07) is 7.43. The van der Waals surface area contributed by atoms with E-state index in [2.05, 4.69) is 4.90 Å². The van der Waals surface area contributed by atoms with Crippen molar-refractivity contribution in [3.8, 4) is 0 Å². The summed E-state index contributed by atoms with van der Waals surface area (Å²) in [6.07, 6.45) is 2.37. The number of carboxylic acids is 1. The van der Waals surface area contributed by atoms with Gasteiger partial charge in [0.1, 0.15) is 0 Å². The van der Waals surface area contributed by atoms with Crippen molar-refractivity contribution in [3.05, 3.63) is 29.8 Å². The van der Waals surface area contributed by atoms with Crippen LogP contribution >= 0.6 is 0 Å². The number of nitrogens with two attached hydrogens (primary N) is 1. The highest BCUT2D eigenvalue weighted by atomic mass is 16.4. The second-order valence-electron chi connectivity index (χ2n) is 4.46. The van der Waals surface area contributed by atoms with E-state index in [-0.39, 0.29) is 6.42 Å². The van der Waals surface area contributed by atoms with Gasteiger partial charge in [0.05, 0.1) is 6.42 Å². The van der Waals surface area contributed by atoms with E-state index >= 15 is 0 Å². The Morgan fingerprint density at radius 1 is 1.35 bits per heavy atom. The molecule has 0 radical (unpaired) electrons. The van der Waals surface area contributed by atoms with Gasteiger partial charge in [-0.05, 0) is 24.5 Å². The molecular formula is C13H18N2O2. The summed E-state index contributed by atoms with van der Waals surface area (Å²) in [5, 5.41) is 8.81. The highest BCUT2D eigenvalue weighted by Crippen LogP contribution is 2.29. The molecule has 1 heterocycles. The van der Waals surface area contributed by atoms with Gasteiger partial charge >= 0.3 is 5.97 Å². The van der Waals surface area contributed by atoms with Crippen molar-refractivity contribution >= 4 is 11.7 Å². The second kappa shape index (κ2) is 5.19. The molecular weight excluding hydrogens is 216 g/mol. The standard InChI is InChI=1S/C13H18N2O2/c14-11(9-13(16)17)10-5-1-2-6-12(10)15-7-3-4-8-15/h1-2,5-6,11H,3-4,7-9,14H2,(H,16,17). The van der Waals surface area contributed by atoms with Gasteiger partial charge in [0.15, 0.2) is 0 Å². The van der Waals surface area contributed by atoms with E-state index in [0.717, 1.165) is 24.3 Å². The van der Waals surface area contributed by atoms with Gasteiger partial charge in [0, 0.05) is 24.8 Å². The van der Waals surface area contributed by atoms with Crippen molar-refractivity contribution < 1.29 is 9.90 Å². The zero-order valence-electron chi connectivity index (χ0n) is 9.80. The van der Waals surface area contributed by atoms with Crippen LogP contribution in [0.5, 0.6) is 0 Å². The molecule has 0 spiro atoms. The Morgan fingerprint density at radius 3 is 2.65 bits per heavy atom. The third kappa shape index (κ3) is 2.77. The molecule has 1 aromatic carbocycles. The predicted molar refractivity (Wildman–Crippen MR) is 67.1 cm³/mol. The zero-order chi connectivity index (χ0) is 12.3. The van der Waals surface area contributed by atoms with Gasteiger partial charge < -0.3 is 15.7 Å². The van der Waals surface area contributed by atoms with Crippen LogP contribution in [0.4, 0.5) is 5.69 Å². The van der Waals surface area contributed by atoms with E-state index in [9.17, 15) is 4.79 Å². The number of aliphatic carboxylic acids is 1. The Balaban J connectivity index is 2.23. The van der Waals surface area contributed by atoms with Gasteiger partial charge in [-0.15, -0.1) is 0 Å². The Kier molecular flexibility index (Phi) is 3.64. The largest absolute Gasteiger partial charge is 0.481 e. The molecule has 4 heteroatoms. The number of benzene rings is 1. The molecule has 1 unspecified atom stereocenters. The fourth-order valence-corrected chi connectivity index (χ4v) is 2.35. The molecule has 92 valence electrons. The molecule has 0 saturated carbocycles. The Morgan fingerprint density at radius 2 is 2.00 bits per heavy atom. The van der Waals surface area contributed by atoms with Crippen LogP contribution in [0.2, 0.25) is 0 Å². The molecule has 2 rings (SSSR count). The summed E-state index contributed by atoms with van der Waals surface area (Å²) in [6.45, 7) is 2.08. The first-order valence-corrected chi connectivity index (χ1v) is 5.99. The summed E-state index contributed by atoms with van der Waals surface area (Å²) in [7, 11) is 0. The van der Waals surface area contributed by atoms with Gasteiger partial charge in [-0.1, -0.05) is 18.2 Å². The average molecular weight is 234 g/mol. The monoisotopic (exact) mass is 234 g/mol. The molecule has 0 aliphatic carbocycles. The first-order valence-electron chi connectivity index (χ1n) is 5.99. The lowest BCUT2D eigenvalue weighted by atomic mass is 10.0. The van der Waals surface area contributed by atoms with Crippen molar-refractivity contribution in [1.82, 2.24) is 0 Å². The number of nitrogens with zero attached hydrogens (tertiary/aromatic N) is 1. The molecule has 1 aliphatic heterocycles. The van der Waals surface area contributed by atoms with Crippen LogP contribution in [-0.4, -0.2) is 24.2 Å². The van der Waals surface area contributed by atoms with Crippen LogP contribution in [0.15, 0.2) is 24.3 Å². The van der Waals surface area contributed by atoms with Gasteiger partial charge in [-0.2, -0.15) is 0 Å². The molecule has 17 heavy (non-hydrogen) atoms. The highest BCUT2D eigenvalue weighted by molar-refractivity contribution is 5.69. The van der Waals surface area contributed by atoms with E-state index in [1.54, 1.807) is 0 Å². The Labute approximate surface area is 101 Å². The van der Waals surface area contributed by atoms with Crippen LogP contribution in [0.1, 0.15) is 30.9 Å². The number of para-hydroxylation sites is 1. The summed E-state index contributed by atoms with van der Waals surface area (Å²) in [4.78, 5) is 13.0. The minimum absolute atomic E-state index is 0.0230. The maximum atomic E-state index is 10.7. The minimum Gasteiger partial charge on any atom is -0.481 e. The van der Waals surface area contributed by atoms with Crippen LogP contribution < -0.4 is 10.6 Å². The molecule has 1 aromatic rings. The van der Waals surface area contributed by atoms with E-state index < -0.39 is 12.0 Å². The topological polar surface area (TPSA) is 66.6 Å². The summed E-state index contributed by atoms with van der Waals surface area (Å²) >= 11 is 0. The van der Waals surface area contributed by atoms with Crippen LogP contribution in [0.3, 0.4) is 0 Å². The van der Waals surface area contributed by atoms with Crippen LogP contribution in [-0.2, 0) is 4.79 Å². The fraction of sp³-hybridized carbons (Fsp3) is 0.462. The van der Waals surface area contributed by atoms with Crippen molar-refractivity contribution in [3.63, 3.8) is 0 Å². The number of carboxylic acid groups (broad SMARTS) is 1. The van der Waals surface area contributed by atoms with Crippen molar-refractivity contribution in [2.24, 2.45) is 5.73 Å². The molecule has 3 N–H and O–H groups in total. The number of rotatable bonds is 4. The second-order valence-corrected chi connectivity index (χ2v) is 4.46. The maximum absolute atomic E-state index is 10.7. The lowest BCUT2D eigenvalue weighted by molar-refractivity contribution is -0.137. The zero-order valence-corrected chi connectivity index (χ0v) is 9.80. The molecule has 1 atom stereocenters. The minimum atomic E-state index is -0.853. The van der Waals surface area contributed by atoms with Crippen LogP contribution in [0, 0.1) is 0 Å². The average Bonchev–Trinajstić information content (AvgIpc) is 2.81. The quantitative estimate of drug-likeness (QED) is 0.833. The normalized spacial score (nSPS) is 17.1. The molecule has 0 bridgehead atoms. The molecule has 1 aliphatic rings. The molecule has 0 aromatic heterocycles. The number of hydrogen-bond donors (Lipinski definition) is 2. The van der Waals surface area contributed by atoms with E-state index in [0.29, 0.717) is 0 Å². The number of hydrogen-bond acceptors (Lipinski definition) is 3. The van der Waals surface area contributed by atoms with E-state index in [1.165, 1.54) is 12.8 Å². The van der Waals surface area contributed by atoms with Crippen molar-refractivity contribution in [1.29, 1.82) is 0 Å². The highest BCUT2D eigenvalue weighted by Gasteiger charge is 2.19. The maximum Gasteiger partial charge on any atom is 0.305 e. The lowest BCUT2D eigenvalue weighted by Gasteiger charge is -2.23. The molecule has 4 nitrogen and oxygen atoms in total. The summed E-state index contributed by atoms with van der Waals surface area (Å²) < 4.78 is 0.